The van der Waals surface area contributed by atoms with Gasteiger partial charge in [-0.2, -0.15) is 0 Å². The van der Waals surface area contributed by atoms with E-state index in [2.05, 4.69) is 4.98 Å². The standard InChI is InChI=1S/C9H15N3O2/c1-3-14-9(13)5-12-6-11-4-8(12)7(2)10/h4,6-7H,3,5,10H2,1-2H3/t7-/m1/s1. The summed E-state index contributed by atoms with van der Waals surface area (Å²) in [5.41, 5.74) is 6.53. The van der Waals surface area contributed by atoms with E-state index >= 15 is 0 Å². The Bertz CT molecular complexity index is 307. The van der Waals surface area contributed by atoms with Crippen LogP contribution in [0.1, 0.15) is 25.6 Å². The molecule has 0 unspecified atom stereocenters. The van der Waals surface area contributed by atoms with Crippen molar-refractivity contribution in [2.24, 2.45) is 5.73 Å². The SMILES string of the molecule is CCOC(=O)Cn1cncc1[C@@H](C)N. The van der Waals surface area contributed by atoms with E-state index < -0.39 is 0 Å². The number of esters is 1. The third-order valence-corrected chi connectivity index (χ3v) is 1.82. The Morgan fingerprint density at radius 3 is 3.07 bits per heavy atom. The van der Waals surface area contributed by atoms with Crippen molar-refractivity contribution in [1.29, 1.82) is 0 Å². The predicted molar refractivity (Wildman–Crippen MR) is 51.5 cm³/mol. The monoisotopic (exact) mass is 197 g/mol. The van der Waals surface area contributed by atoms with Crippen LogP contribution in [0.5, 0.6) is 0 Å². The first-order valence-electron chi connectivity index (χ1n) is 4.56. The molecule has 1 aromatic rings. The second-order valence-electron chi connectivity index (χ2n) is 3.04. The van der Waals surface area contributed by atoms with Gasteiger partial charge in [-0.15, -0.1) is 0 Å². The molecule has 1 aromatic heterocycles. The molecule has 78 valence electrons. The van der Waals surface area contributed by atoms with Gasteiger partial charge in [0.2, 0.25) is 0 Å². The third kappa shape index (κ3) is 2.56. The minimum Gasteiger partial charge on any atom is -0.465 e. The zero-order valence-electron chi connectivity index (χ0n) is 8.43. The van der Waals surface area contributed by atoms with Gasteiger partial charge in [0.1, 0.15) is 6.54 Å². The predicted octanol–water partition coefficient (Wildman–Crippen LogP) is 0.466. The summed E-state index contributed by atoms with van der Waals surface area (Å²) in [5, 5.41) is 0. The lowest BCUT2D eigenvalue weighted by Gasteiger charge is -2.09. The maximum atomic E-state index is 11.2. The lowest BCUT2D eigenvalue weighted by Crippen LogP contribution is -2.18. The van der Waals surface area contributed by atoms with Gasteiger partial charge < -0.3 is 15.0 Å². The lowest BCUT2D eigenvalue weighted by molar-refractivity contribution is -0.143. The molecule has 5 nitrogen and oxygen atoms in total. The van der Waals surface area contributed by atoms with Crippen LogP contribution in [-0.4, -0.2) is 22.1 Å². The van der Waals surface area contributed by atoms with Gasteiger partial charge in [-0.3, -0.25) is 4.79 Å². The van der Waals surface area contributed by atoms with E-state index in [1.165, 1.54) is 0 Å². The minimum atomic E-state index is -0.271. The van der Waals surface area contributed by atoms with Crippen molar-refractivity contribution in [3.8, 4) is 0 Å². The summed E-state index contributed by atoms with van der Waals surface area (Å²) in [6, 6.07) is -0.132. The van der Waals surface area contributed by atoms with E-state index in [0.717, 1.165) is 5.69 Å². The second-order valence-corrected chi connectivity index (χ2v) is 3.04. The minimum absolute atomic E-state index is 0.132. The van der Waals surface area contributed by atoms with Gasteiger partial charge in [-0.05, 0) is 13.8 Å². The summed E-state index contributed by atoms with van der Waals surface area (Å²) in [6.07, 6.45) is 3.24. The van der Waals surface area contributed by atoms with Gasteiger partial charge in [0.05, 0.1) is 18.6 Å². The number of hydrogen-bond donors (Lipinski definition) is 1. The largest absolute Gasteiger partial charge is 0.465 e. The van der Waals surface area contributed by atoms with Crippen molar-refractivity contribution in [3.05, 3.63) is 18.2 Å². The van der Waals surface area contributed by atoms with Crippen molar-refractivity contribution in [2.45, 2.75) is 26.4 Å². The molecule has 0 radical (unpaired) electrons. The second kappa shape index (κ2) is 4.76. The normalized spacial score (nSPS) is 12.5. The first-order chi connectivity index (χ1) is 6.65. The lowest BCUT2D eigenvalue weighted by atomic mass is 10.3. The summed E-state index contributed by atoms with van der Waals surface area (Å²) in [4.78, 5) is 15.1. The third-order valence-electron chi connectivity index (χ3n) is 1.82. The van der Waals surface area contributed by atoms with Crippen molar-refractivity contribution in [1.82, 2.24) is 9.55 Å². The maximum Gasteiger partial charge on any atom is 0.325 e. The fourth-order valence-corrected chi connectivity index (χ4v) is 1.19. The van der Waals surface area contributed by atoms with Crippen LogP contribution in [0.4, 0.5) is 0 Å². The summed E-state index contributed by atoms with van der Waals surface area (Å²) in [7, 11) is 0. The molecule has 14 heavy (non-hydrogen) atoms. The number of ether oxygens (including phenoxy) is 1. The number of nitrogens with two attached hydrogens (primary N) is 1. The smallest absolute Gasteiger partial charge is 0.325 e. The molecule has 0 spiro atoms. The van der Waals surface area contributed by atoms with E-state index in [9.17, 15) is 4.79 Å². The molecule has 0 bridgehead atoms. The molecule has 1 heterocycles. The molecule has 0 amide bonds. The molecule has 0 saturated carbocycles. The Balaban J connectivity index is 2.66. The Hall–Kier alpha value is -1.36. The van der Waals surface area contributed by atoms with Crippen LogP contribution < -0.4 is 5.73 Å². The first kappa shape index (κ1) is 10.7. The molecule has 0 fully saturated rings. The van der Waals surface area contributed by atoms with Crippen molar-refractivity contribution in [2.75, 3.05) is 6.61 Å². The molecular weight excluding hydrogens is 182 g/mol. The van der Waals surface area contributed by atoms with Gasteiger partial charge >= 0.3 is 5.97 Å². The van der Waals surface area contributed by atoms with E-state index in [4.69, 9.17) is 10.5 Å². The average molecular weight is 197 g/mol. The number of aromatic nitrogens is 2. The average Bonchev–Trinajstić information content (AvgIpc) is 2.52. The van der Waals surface area contributed by atoms with Crippen molar-refractivity contribution < 1.29 is 9.53 Å². The Morgan fingerprint density at radius 1 is 1.79 bits per heavy atom. The number of carbonyl (C=O) groups excluding carboxylic acids is 1. The Morgan fingerprint density at radius 2 is 2.50 bits per heavy atom. The first-order valence-corrected chi connectivity index (χ1v) is 4.56. The molecule has 0 aliphatic rings. The van der Waals surface area contributed by atoms with E-state index in [1.54, 1.807) is 24.0 Å². The van der Waals surface area contributed by atoms with E-state index in [0.29, 0.717) is 6.61 Å². The van der Waals surface area contributed by atoms with Crippen molar-refractivity contribution in [3.63, 3.8) is 0 Å². The Kier molecular flexibility index (Phi) is 3.64. The molecular formula is C9H15N3O2. The van der Waals surface area contributed by atoms with Gasteiger partial charge in [0.25, 0.3) is 0 Å². The van der Waals surface area contributed by atoms with Crippen LogP contribution in [0.2, 0.25) is 0 Å². The highest BCUT2D eigenvalue weighted by molar-refractivity contribution is 5.69. The maximum absolute atomic E-state index is 11.2. The molecule has 0 aliphatic heterocycles. The van der Waals surface area contributed by atoms with Gasteiger partial charge in [-0.1, -0.05) is 0 Å². The Labute approximate surface area is 82.9 Å². The van der Waals surface area contributed by atoms with Gasteiger partial charge in [0, 0.05) is 12.2 Å². The molecule has 0 saturated heterocycles. The molecule has 2 N–H and O–H groups in total. The highest BCUT2D eigenvalue weighted by Crippen LogP contribution is 2.08. The van der Waals surface area contributed by atoms with Gasteiger partial charge in [0.15, 0.2) is 0 Å². The van der Waals surface area contributed by atoms with Crippen molar-refractivity contribution >= 4 is 5.97 Å². The van der Waals surface area contributed by atoms with E-state index in [-0.39, 0.29) is 18.6 Å². The zero-order chi connectivity index (χ0) is 10.6. The zero-order valence-corrected chi connectivity index (χ0v) is 8.43. The molecule has 1 atom stereocenters. The highest BCUT2D eigenvalue weighted by Gasteiger charge is 2.10. The molecule has 0 aromatic carbocycles. The number of imidazole rings is 1. The summed E-state index contributed by atoms with van der Waals surface area (Å²) < 4.78 is 6.52. The molecule has 0 aliphatic carbocycles. The quantitative estimate of drug-likeness (QED) is 0.712. The molecule has 1 rings (SSSR count). The van der Waals surface area contributed by atoms with Gasteiger partial charge in [-0.25, -0.2) is 4.98 Å². The van der Waals surface area contributed by atoms with Crippen LogP contribution in [-0.2, 0) is 16.1 Å². The van der Waals surface area contributed by atoms with Crippen LogP contribution in [0, 0.1) is 0 Å². The number of nitrogens with zero attached hydrogens (tertiary/aromatic N) is 2. The topological polar surface area (TPSA) is 70.1 Å². The number of rotatable bonds is 4. The fraction of sp³-hybridized carbons (Fsp3) is 0.556. The molecule has 5 heteroatoms. The number of hydrogen-bond acceptors (Lipinski definition) is 4. The fourth-order valence-electron chi connectivity index (χ4n) is 1.19. The van der Waals surface area contributed by atoms with Crippen LogP contribution >= 0.6 is 0 Å². The van der Waals surface area contributed by atoms with Crippen LogP contribution in [0.3, 0.4) is 0 Å². The summed E-state index contributed by atoms with van der Waals surface area (Å²) >= 11 is 0. The van der Waals surface area contributed by atoms with Crippen LogP contribution in [0.25, 0.3) is 0 Å². The summed E-state index contributed by atoms with van der Waals surface area (Å²) in [6.45, 7) is 4.18. The van der Waals surface area contributed by atoms with Crippen LogP contribution in [0.15, 0.2) is 12.5 Å². The highest BCUT2D eigenvalue weighted by atomic mass is 16.5. The summed E-state index contributed by atoms with van der Waals surface area (Å²) in [5.74, 6) is -0.271. The van der Waals surface area contributed by atoms with E-state index in [1.807, 2.05) is 6.92 Å². The number of carbonyl (C=O) groups is 1.